The lowest BCUT2D eigenvalue weighted by molar-refractivity contribution is -0.113. The SMILES string of the molecule is CCn1c(SCC(=O)Nc2cc(C)cc(C)c2)nnc1[C@H](C)NC(=O)c1ccc(Cl)cc1Cl. The van der Waals surface area contributed by atoms with Crippen molar-refractivity contribution in [2.45, 2.75) is 45.4 Å². The van der Waals surface area contributed by atoms with E-state index in [0.29, 0.717) is 28.1 Å². The third-order valence-corrected chi connectivity index (χ3v) is 6.32. The molecule has 0 saturated heterocycles. The van der Waals surface area contributed by atoms with Gasteiger partial charge in [-0.25, -0.2) is 0 Å². The molecule has 2 N–H and O–H groups in total. The Morgan fingerprint density at radius 3 is 2.42 bits per heavy atom. The summed E-state index contributed by atoms with van der Waals surface area (Å²) in [5.41, 5.74) is 3.27. The summed E-state index contributed by atoms with van der Waals surface area (Å²) in [7, 11) is 0. The van der Waals surface area contributed by atoms with Gasteiger partial charge in [0.25, 0.3) is 5.91 Å². The van der Waals surface area contributed by atoms with Crippen LogP contribution in [0.25, 0.3) is 0 Å². The Morgan fingerprint density at radius 1 is 1.09 bits per heavy atom. The van der Waals surface area contributed by atoms with Gasteiger partial charge in [0, 0.05) is 17.3 Å². The lowest BCUT2D eigenvalue weighted by Gasteiger charge is -2.15. The molecule has 10 heteroatoms. The van der Waals surface area contributed by atoms with E-state index in [0.717, 1.165) is 16.8 Å². The molecule has 2 amide bonds. The van der Waals surface area contributed by atoms with E-state index in [4.69, 9.17) is 23.2 Å². The van der Waals surface area contributed by atoms with Gasteiger partial charge >= 0.3 is 0 Å². The zero-order chi connectivity index (χ0) is 24.1. The summed E-state index contributed by atoms with van der Waals surface area (Å²) in [6.45, 7) is 8.34. The second-order valence-corrected chi connectivity index (χ2v) is 9.40. The topological polar surface area (TPSA) is 88.9 Å². The summed E-state index contributed by atoms with van der Waals surface area (Å²) in [5, 5.41) is 15.6. The quantitative estimate of drug-likeness (QED) is 0.397. The van der Waals surface area contributed by atoms with Gasteiger partial charge in [-0.2, -0.15) is 0 Å². The average molecular weight is 506 g/mol. The van der Waals surface area contributed by atoms with Gasteiger partial charge in [-0.3, -0.25) is 9.59 Å². The Kier molecular flexibility index (Phi) is 8.40. The molecule has 0 saturated carbocycles. The molecular formula is C23H25Cl2N5O2S. The number of anilines is 1. The second-order valence-electron chi connectivity index (χ2n) is 7.62. The number of rotatable bonds is 8. The Morgan fingerprint density at radius 2 is 1.79 bits per heavy atom. The first-order valence-electron chi connectivity index (χ1n) is 10.4. The molecule has 3 rings (SSSR count). The van der Waals surface area contributed by atoms with Crippen LogP contribution in [-0.2, 0) is 11.3 Å². The molecule has 0 bridgehead atoms. The van der Waals surface area contributed by atoms with Crippen LogP contribution in [0.2, 0.25) is 10.0 Å². The summed E-state index contributed by atoms with van der Waals surface area (Å²) >= 11 is 13.3. The number of nitrogens with one attached hydrogen (secondary N) is 2. The van der Waals surface area contributed by atoms with Crippen LogP contribution in [0.1, 0.15) is 47.2 Å². The maximum Gasteiger partial charge on any atom is 0.253 e. The average Bonchev–Trinajstić information content (AvgIpc) is 3.14. The zero-order valence-electron chi connectivity index (χ0n) is 18.8. The maximum absolute atomic E-state index is 12.6. The van der Waals surface area contributed by atoms with Gasteiger partial charge < -0.3 is 15.2 Å². The number of hydrogen-bond donors (Lipinski definition) is 2. The first-order valence-corrected chi connectivity index (χ1v) is 12.1. The number of carbonyl (C=O) groups is 2. The van der Waals surface area contributed by atoms with Gasteiger partial charge in [0.1, 0.15) is 0 Å². The van der Waals surface area contributed by atoms with Gasteiger partial charge in [-0.1, -0.05) is 41.0 Å². The molecule has 174 valence electrons. The number of halogens is 2. The smallest absolute Gasteiger partial charge is 0.253 e. The highest BCUT2D eigenvalue weighted by Crippen LogP contribution is 2.24. The largest absolute Gasteiger partial charge is 0.342 e. The minimum Gasteiger partial charge on any atom is -0.342 e. The molecule has 0 radical (unpaired) electrons. The Hall–Kier alpha value is -2.55. The van der Waals surface area contributed by atoms with Crippen molar-refractivity contribution in [1.82, 2.24) is 20.1 Å². The van der Waals surface area contributed by atoms with Gasteiger partial charge in [-0.15, -0.1) is 10.2 Å². The molecular weight excluding hydrogens is 481 g/mol. The fraction of sp³-hybridized carbons (Fsp3) is 0.304. The Labute approximate surface area is 207 Å². The van der Waals surface area contributed by atoms with E-state index < -0.39 is 6.04 Å². The number of benzene rings is 2. The number of thioether (sulfide) groups is 1. The van der Waals surface area contributed by atoms with Crippen LogP contribution in [0.15, 0.2) is 41.6 Å². The number of amides is 2. The molecule has 33 heavy (non-hydrogen) atoms. The molecule has 0 fully saturated rings. The molecule has 0 spiro atoms. The summed E-state index contributed by atoms with van der Waals surface area (Å²) in [5.74, 6) is 0.313. The van der Waals surface area contributed by atoms with Crippen LogP contribution in [0.3, 0.4) is 0 Å². The van der Waals surface area contributed by atoms with Gasteiger partial charge in [0.2, 0.25) is 5.91 Å². The predicted octanol–water partition coefficient (Wildman–Crippen LogP) is 5.44. The minimum atomic E-state index is -0.421. The summed E-state index contributed by atoms with van der Waals surface area (Å²) in [4.78, 5) is 25.1. The first kappa shape index (κ1) is 25.1. The monoisotopic (exact) mass is 505 g/mol. The summed E-state index contributed by atoms with van der Waals surface area (Å²) < 4.78 is 1.88. The van der Waals surface area contributed by atoms with Crippen LogP contribution >= 0.6 is 35.0 Å². The van der Waals surface area contributed by atoms with E-state index in [9.17, 15) is 9.59 Å². The predicted molar refractivity (Wildman–Crippen MR) is 133 cm³/mol. The summed E-state index contributed by atoms with van der Waals surface area (Å²) in [6.07, 6.45) is 0. The van der Waals surface area contributed by atoms with E-state index in [2.05, 4.69) is 26.9 Å². The third kappa shape index (κ3) is 6.50. The highest BCUT2D eigenvalue weighted by atomic mass is 35.5. The van der Waals surface area contributed by atoms with E-state index in [-0.39, 0.29) is 22.6 Å². The molecule has 1 atom stereocenters. The van der Waals surface area contributed by atoms with Crippen molar-refractivity contribution in [1.29, 1.82) is 0 Å². The van der Waals surface area contributed by atoms with Gasteiger partial charge in [0.15, 0.2) is 11.0 Å². The summed E-state index contributed by atoms with van der Waals surface area (Å²) in [6, 6.07) is 10.2. The van der Waals surface area contributed by atoms with Crippen molar-refractivity contribution in [2.75, 3.05) is 11.1 Å². The standard InChI is InChI=1S/C23H25Cl2N5O2S/c1-5-30-21(15(4)26-22(32)18-7-6-16(24)11-19(18)25)28-29-23(30)33-12-20(31)27-17-9-13(2)8-14(3)10-17/h6-11,15H,5,12H2,1-4H3,(H,26,32)(H,27,31)/t15-/m0/s1. The van der Waals surface area contributed by atoms with E-state index in [1.54, 1.807) is 12.1 Å². The Balaban J connectivity index is 1.65. The van der Waals surface area contributed by atoms with Crippen LogP contribution in [0, 0.1) is 13.8 Å². The molecule has 0 unspecified atom stereocenters. The molecule has 2 aromatic carbocycles. The van der Waals surface area contributed by atoms with E-state index in [1.165, 1.54) is 17.8 Å². The highest BCUT2D eigenvalue weighted by molar-refractivity contribution is 7.99. The van der Waals surface area contributed by atoms with Crippen LogP contribution in [0.4, 0.5) is 5.69 Å². The van der Waals surface area contributed by atoms with Crippen molar-refractivity contribution in [3.63, 3.8) is 0 Å². The highest BCUT2D eigenvalue weighted by Gasteiger charge is 2.21. The van der Waals surface area contributed by atoms with Crippen molar-refractivity contribution >= 4 is 52.5 Å². The molecule has 1 heterocycles. The molecule has 7 nitrogen and oxygen atoms in total. The third-order valence-electron chi connectivity index (χ3n) is 4.81. The number of nitrogens with zero attached hydrogens (tertiary/aromatic N) is 3. The van der Waals surface area contributed by atoms with Crippen LogP contribution in [0.5, 0.6) is 0 Å². The fourth-order valence-electron chi connectivity index (χ4n) is 3.41. The minimum absolute atomic E-state index is 0.129. The fourth-order valence-corrected chi connectivity index (χ4v) is 4.71. The molecule has 3 aromatic rings. The molecule has 0 aliphatic heterocycles. The van der Waals surface area contributed by atoms with Crippen molar-refractivity contribution in [3.8, 4) is 0 Å². The van der Waals surface area contributed by atoms with E-state index in [1.807, 2.05) is 44.4 Å². The normalized spacial score (nSPS) is 11.8. The van der Waals surface area contributed by atoms with Crippen molar-refractivity contribution in [3.05, 3.63) is 69.0 Å². The first-order chi connectivity index (χ1) is 15.7. The number of aromatic nitrogens is 3. The Bertz CT molecular complexity index is 1160. The maximum atomic E-state index is 12.6. The lowest BCUT2D eigenvalue weighted by atomic mass is 10.1. The molecule has 0 aliphatic carbocycles. The lowest BCUT2D eigenvalue weighted by Crippen LogP contribution is -2.29. The van der Waals surface area contributed by atoms with E-state index >= 15 is 0 Å². The van der Waals surface area contributed by atoms with Crippen LogP contribution in [-0.4, -0.2) is 32.3 Å². The van der Waals surface area contributed by atoms with Crippen molar-refractivity contribution in [2.24, 2.45) is 0 Å². The molecule has 0 aliphatic rings. The number of carbonyl (C=O) groups excluding carboxylic acids is 2. The second kappa shape index (κ2) is 11.0. The number of aryl methyl sites for hydroxylation is 2. The number of hydrogen-bond acceptors (Lipinski definition) is 5. The van der Waals surface area contributed by atoms with Crippen molar-refractivity contribution < 1.29 is 9.59 Å². The van der Waals surface area contributed by atoms with Crippen LogP contribution < -0.4 is 10.6 Å². The van der Waals surface area contributed by atoms with Gasteiger partial charge in [-0.05, 0) is 69.2 Å². The zero-order valence-corrected chi connectivity index (χ0v) is 21.1. The molecule has 1 aromatic heterocycles. The van der Waals surface area contributed by atoms with Gasteiger partial charge in [0.05, 0.1) is 22.4 Å².